The lowest BCUT2D eigenvalue weighted by atomic mass is 10.0. The Labute approximate surface area is 280 Å². The van der Waals surface area contributed by atoms with Crippen LogP contribution >= 0.6 is 47.2 Å². The number of carboxylic acids is 1. The van der Waals surface area contributed by atoms with Gasteiger partial charge in [0.25, 0.3) is 5.91 Å². The molecule has 2 saturated heterocycles. The van der Waals surface area contributed by atoms with E-state index >= 15 is 0 Å². The minimum atomic E-state index is -1.10. The number of thioether (sulfide) groups is 1. The van der Waals surface area contributed by atoms with Crippen molar-refractivity contribution in [2.75, 3.05) is 51.3 Å². The minimum absolute atomic E-state index is 0.0321. The number of halogens is 2. The van der Waals surface area contributed by atoms with Gasteiger partial charge in [-0.3, -0.25) is 19.4 Å². The topological polar surface area (TPSA) is 108 Å². The highest BCUT2D eigenvalue weighted by Gasteiger charge is 2.32. The summed E-state index contributed by atoms with van der Waals surface area (Å²) in [5, 5.41) is 12.9. The molecule has 2 N–H and O–H groups in total. The van der Waals surface area contributed by atoms with Gasteiger partial charge in [-0.15, -0.1) is 0 Å². The quantitative estimate of drug-likeness (QED) is 0.178. The molecule has 2 fully saturated rings. The third kappa shape index (κ3) is 8.63. The van der Waals surface area contributed by atoms with Crippen molar-refractivity contribution in [3.05, 3.63) is 86.7 Å². The molecule has 234 valence electrons. The van der Waals surface area contributed by atoms with Gasteiger partial charge < -0.3 is 19.9 Å². The average Bonchev–Trinajstić information content (AvgIpc) is 3.29. The van der Waals surface area contributed by atoms with E-state index < -0.39 is 5.97 Å². The summed E-state index contributed by atoms with van der Waals surface area (Å²) in [6.45, 7) is 4.32. The maximum atomic E-state index is 13.5. The van der Waals surface area contributed by atoms with E-state index in [1.165, 1.54) is 17.0 Å². The average molecular weight is 687 g/mol. The minimum Gasteiger partial charge on any atom is -0.492 e. The lowest BCUT2D eigenvalue weighted by Crippen LogP contribution is -2.38. The van der Waals surface area contributed by atoms with Gasteiger partial charge in [0.1, 0.15) is 16.7 Å². The SMILES string of the molecule is O=C(CCN1C(=O)C(=Cc2cc(-c3cc(Cl)ccc3Cl)ccc2OCCN2CCOCC2)SC1=S)Nc1cccc(C(=O)O)c1. The molecule has 5 rings (SSSR count). The number of carbonyl (C=O) groups is 3. The fraction of sp³-hybridized carbons (Fsp3) is 0.250. The molecule has 2 aliphatic rings. The first kappa shape index (κ1) is 32.9. The van der Waals surface area contributed by atoms with Crippen molar-refractivity contribution in [3.63, 3.8) is 0 Å². The molecule has 0 radical (unpaired) electrons. The summed E-state index contributed by atoms with van der Waals surface area (Å²) in [6, 6.07) is 16.8. The second kappa shape index (κ2) is 15.2. The molecule has 0 unspecified atom stereocenters. The highest BCUT2D eigenvalue weighted by molar-refractivity contribution is 8.26. The van der Waals surface area contributed by atoms with Gasteiger partial charge in [-0.25, -0.2) is 4.79 Å². The predicted octanol–water partition coefficient (Wildman–Crippen LogP) is 6.30. The highest BCUT2D eigenvalue weighted by Crippen LogP contribution is 2.37. The van der Waals surface area contributed by atoms with Gasteiger partial charge in [-0.2, -0.15) is 0 Å². The number of thiocarbonyl (C=S) groups is 1. The van der Waals surface area contributed by atoms with Crippen LogP contribution in [0.1, 0.15) is 22.3 Å². The normalized spacial score (nSPS) is 16.3. The Morgan fingerprint density at radius 1 is 1.07 bits per heavy atom. The van der Waals surface area contributed by atoms with Crippen molar-refractivity contribution in [3.8, 4) is 16.9 Å². The number of morpholine rings is 1. The van der Waals surface area contributed by atoms with Crippen LogP contribution in [0.4, 0.5) is 5.69 Å². The van der Waals surface area contributed by atoms with E-state index in [9.17, 15) is 19.5 Å². The number of anilines is 1. The van der Waals surface area contributed by atoms with E-state index in [1.807, 2.05) is 18.2 Å². The van der Waals surface area contributed by atoms with Crippen molar-refractivity contribution < 1.29 is 29.0 Å². The molecule has 0 saturated carbocycles. The van der Waals surface area contributed by atoms with E-state index in [1.54, 1.807) is 36.4 Å². The van der Waals surface area contributed by atoms with Gasteiger partial charge in [-0.05, 0) is 60.2 Å². The molecule has 2 amide bonds. The standard InChI is InChI=1S/C32H29Cl2N3O6S2/c33-23-5-6-26(34)25(19-23)20-4-7-27(43-15-12-36-10-13-42-14-11-36)22(16-20)18-28-30(39)37(32(44)45-28)9-8-29(38)35-24-3-1-2-21(17-24)31(40)41/h1-7,16-19H,8-15H2,(H,35,38)(H,40,41). The molecule has 3 aromatic carbocycles. The highest BCUT2D eigenvalue weighted by atomic mass is 35.5. The van der Waals surface area contributed by atoms with Crippen LogP contribution in [-0.2, 0) is 14.3 Å². The van der Waals surface area contributed by atoms with E-state index in [0.29, 0.717) is 56.1 Å². The first-order chi connectivity index (χ1) is 21.7. The summed E-state index contributed by atoms with van der Waals surface area (Å²) < 4.78 is 12.0. The molecule has 0 aliphatic carbocycles. The Kier molecular flexibility index (Phi) is 11.1. The summed E-state index contributed by atoms with van der Waals surface area (Å²) in [4.78, 5) is 41.3. The van der Waals surface area contributed by atoms with Crippen molar-refractivity contribution in [1.82, 2.24) is 9.80 Å². The van der Waals surface area contributed by atoms with Crippen LogP contribution in [-0.4, -0.2) is 83.0 Å². The summed E-state index contributed by atoms with van der Waals surface area (Å²) in [6.07, 6.45) is 1.71. The van der Waals surface area contributed by atoms with Crippen molar-refractivity contribution in [2.24, 2.45) is 0 Å². The Hall–Kier alpha value is -3.45. The molecular formula is C32H29Cl2N3O6S2. The van der Waals surface area contributed by atoms with Crippen LogP contribution < -0.4 is 10.1 Å². The van der Waals surface area contributed by atoms with Gasteiger partial charge in [-0.1, -0.05) is 59.3 Å². The van der Waals surface area contributed by atoms with Gasteiger partial charge in [0.15, 0.2) is 0 Å². The summed E-state index contributed by atoms with van der Waals surface area (Å²) in [5.41, 5.74) is 2.62. The molecule has 0 spiro atoms. The van der Waals surface area contributed by atoms with Gasteiger partial charge in [0.05, 0.1) is 23.7 Å². The number of nitrogens with zero attached hydrogens (tertiary/aromatic N) is 2. The van der Waals surface area contributed by atoms with E-state index in [4.69, 9.17) is 44.9 Å². The number of amides is 2. The Morgan fingerprint density at radius 2 is 1.87 bits per heavy atom. The number of hydrogen-bond donors (Lipinski definition) is 2. The van der Waals surface area contributed by atoms with Crippen LogP contribution in [0.15, 0.2) is 65.6 Å². The number of hydrogen-bond acceptors (Lipinski definition) is 8. The lowest BCUT2D eigenvalue weighted by Gasteiger charge is -2.26. The molecule has 9 nitrogen and oxygen atoms in total. The fourth-order valence-corrected chi connectivity index (χ4v) is 6.49. The van der Waals surface area contributed by atoms with Gasteiger partial charge in [0, 0.05) is 59.5 Å². The number of nitrogens with one attached hydrogen (secondary N) is 1. The lowest BCUT2D eigenvalue weighted by molar-refractivity contribution is -0.122. The Morgan fingerprint density at radius 3 is 2.64 bits per heavy atom. The second-order valence-electron chi connectivity index (χ2n) is 10.2. The maximum Gasteiger partial charge on any atom is 0.335 e. The number of benzene rings is 3. The first-order valence-corrected chi connectivity index (χ1v) is 16.1. The van der Waals surface area contributed by atoms with Gasteiger partial charge in [0.2, 0.25) is 5.91 Å². The Balaban J connectivity index is 1.32. The zero-order valence-corrected chi connectivity index (χ0v) is 27.1. The Bertz CT molecular complexity index is 1660. The largest absolute Gasteiger partial charge is 0.492 e. The second-order valence-corrected chi connectivity index (χ2v) is 12.7. The fourth-order valence-electron chi connectivity index (χ4n) is 4.79. The zero-order valence-electron chi connectivity index (χ0n) is 24.0. The van der Waals surface area contributed by atoms with Gasteiger partial charge >= 0.3 is 5.97 Å². The maximum absolute atomic E-state index is 13.5. The molecular weight excluding hydrogens is 657 g/mol. The van der Waals surface area contributed by atoms with Crippen molar-refractivity contribution in [1.29, 1.82) is 0 Å². The van der Waals surface area contributed by atoms with Crippen LogP contribution in [0, 0.1) is 0 Å². The van der Waals surface area contributed by atoms with Crippen molar-refractivity contribution in [2.45, 2.75) is 6.42 Å². The monoisotopic (exact) mass is 685 g/mol. The zero-order chi connectivity index (χ0) is 31.9. The number of rotatable bonds is 11. The third-order valence-corrected chi connectivity index (χ3v) is 9.08. The first-order valence-electron chi connectivity index (χ1n) is 14.1. The van der Waals surface area contributed by atoms with Crippen LogP contribution in [0.5, 0.6) is 5.75 Å². The van der Waals surface area contributed by atoms with Crippen LogP contribution in [0.3, 0.4) is 0 Å². The van der Waals surface area contributed by atoms with E-state index in [2.05, 4.69) is 10.2 Å². The summed E-state index contributed by atoms with van der Waals surface area (Å²) >= 11 is 19.4. The molecule has 0 atom stereocenters. The molecule has 2 heterocycles. The molecule has 13 heteroatoms. The van der Waals surface area contributed by atoms with Crippen LogP contribution in [0.2, 0.25) is 10.0 Å². The van der Waals surface area contributed by atoms with Crippen molar-refractivity contribution >= 4 is 81.0 Å². The molecule has 0 bridgehead atoms. The molecule has 3 aromatic rings. The van der Waals surface area contributed by atoms with E-state index in [0.717, 1.165) is 42.5 Å². The predicted molar refractivity (Wildman–Crippen MR) is 181 cm³/mol. The number of carboxylic acid groups (broad SMARTS) is 1. The number of ether oxygens (including phenoxy) is 2. The third-order valence-electron chi connectivity index (χ3n) is 7.13. The smallest absolute Gasteiger partial charge is 0.335 e. The molecule has 0 aromatic heterocycles. The number of carbonyl (C=O) groups excluding carboxylic acids is 2. The molecule has 45 heavy (non-hydrogen) atoms. The summed E-state index contributed by atoms with van der Waals surface area (Å²) in [7, 11) is 0. The van der Waals surface area contributed by atoms with E-state index in [-0.39, 0.29) is 30.3 Å². The van der Waals surface area contributed by atoms with Crippen LogP contribution in [0.25, 0.3) is 17.2 Å². The molecule has 2 aliphatic heterocycles. The number of aromatic carboxylic acids is 1. The summed E-state index contributed by atoms with van der Waals surface area (Å²) in [5.74, 6) is -1.20.